The molecule has 3 N–H and O–H groups in total. The number of primary amides is 1. The molecule has 2 heterocycles. The van der Waals surface area contributed by atoms with Crippen molar-refractivity contribution in [1.82, 2.24) is 9.88 Å². The molecule has 32 heavy (non-hydrogen) atoms. The summed E-state index contributed by atoms with van der Waals surface area (Å²) >= 11 is 6.08. The highest BCUT2D eigenvalue weighted by Crippen LogP contribution is 2.37. The lowest BCUT2D eigenvalue weighted by Crippen LogP contribution is -2.53. The number of benzene rings is 2. The molecule has 1 aromatic heterocycles. The van der Waals surface area contributed by atoms with Crippen LogP contribution in [0.25, 0.3) is 10.9 Å². The molecule has 0 aliphatic carbocycles. The summed E-state index contributed by atoms with van der Waals surface area (Å²) in [5, 5.41) is 2.47. The van der Waals surface area contributed by atoms with E-state index >= 15 is 0 Å². The Labute approximate surface area is 185 Å². The predicted molar refractivity (Wildman–Crippen MR) is 114 cm³/mol. The first-order valence-corrected chi connectivity index (χ1v) is 9.78. The number of hydrogen-bond donors (Lipinski definition) is 2. The fourth-order valence-corrected chi connectivity index (χ4v) is 3.41. The van der Waals surface area contributed by atoms with Gasteiger partial charge in [0, 0.05) is 17.6 Å². The summed E-state index contributed by atoms with van der Waals surface area (Å²) in [7, 11) is 1.39. The molecular formula is C21H17ClF2N4O4. The zero-order valence-corrected chi connectivity index (χ0v) is 17.5. The number of likely N-dealkylation sites (tertiary alicyclic amines) is 1. The van der Waals surface area contributed by atoms with Gasteiger partial charge in [-0.25, -0.2) is 13.6 Å². The third-order valence-corrected chi connectivity index (χ3v) is 5.29. The smallest absolute Gasteiger partial charge is 0.322 e. The molecule has 11 heteroatoms. The molecule has 0 unspecified atom stereocenters. The monoisotopic (exact) mass is 462 g/mol. The highest BCUT2D eigenvalue weighted by atomic mass is 35.5. The molecule has 0 atom stereocenters. The number of amides is 3. The Bertz CT molecular complexity index is 1230. The van der Waals surface area contributed by atoms with Crippen molar-refractivity contribution in [3.8, 4) is 17.2 Å². The van der Waals surface area contributed by atoms with Crippen LogP contribution in [0.4, 0.5) is 19.3 Å². The number of hydrogen-bond acceptors (Lipinski definition) is 5. The van der Waals surface area contributed by atoms with Gasteiger partial charge >= 0.3 is 6.03 Å². The minimum absolute atomic E-state index is 0.0177. The normalized spacial score (nSPS) is 13.6. The van der Waals surface area contributed by atoms with E-state index in [1.165, 1.54) is 48.5 Å². The highest BCUT2D eigenvalue weighted by Gasteiger charge is 2.31. The largest absolute Gasteiger partial charge is 0.496 e. The van der Waals surface area contributed by atoms with Crippen molar-refractivity contribution in [2.45, 2.75) is 6.17 Å². The van der Waals surface area contributed by atoms with Crippen LogP contribution in [-0.2, 0) is 0 Å². The predicted octanol–water partition coefficient (Wildman–Crippen LogP) is 4.11. The maximum Gasteiger partial charge on any atom is 0.322 e. The van der Waals surface area contributed by atoms with Gasteiger partial charge in [-0.15, -0.1) is 0 Å². The second kappa shape index (κ2) is 8.46. The van der Waals surface area contributed by atoms with Crippen molar-refractivity contribution < 1.29 is 27.8 Å². The summed E-state index contributed by atoms with van der Waals surface area (Å²) in [4.78, 5) is 29.2. The van der Waals surface area contributed by atoms with Crippen molar-refractivity contribution in [3.63, 3.8) is 0 Å². The van der Waals surface area contributed by atoms with Gasteiger partial charge in [0.2, 0.25) is 0 Å². The zero-order valence-electron chi connectivity index (χ0n) is 16.7. The number of nitrogens with one attached hydrogen (secondary N) is 1. The number of ether oxygens (including phenoxy) is 2. The van der Waals surface area contributed by atoms with Crippen molar-refractivity contribution in [3.05, 3.63) is 52.9 Å². The van der Waals surface area contributed by atoms with Crippen LogP contribution in [0.2, 0.25) is 5.02 Å². The number of rotatable bonds is 5. The molecule has 4 rings (SSSR count). The van der Waals surface area contributed by atoms with E-state index in [-0.39, 0.29) is 46.6 Å². The lowest BCUT2D eigenvalue weighted by Gasteiger charge is -2.34. The SMILES string of the molecule is COc1cc2nccc(Oc3ccc(NC(=O)N4CC(F)C4)c(Cl)c3F)c2cc1C(N)=O. The quantitative estimate of drug-likeness (QED) is 0.593. The van der Waals surface area contributed by atoms with Crippen LogP contribution < -0.4 is 20.5 Å². The number of pyridine rings is 1. The average Bonchev–Trinajstić information content (AvgIpc) is 2.75. The van der Waals surface area contributed by atoms with Gasteiger partial charge in [-0.05, 0) is 24.3 Å². The molecule has 0 bridgehead atoms. The fraction of sp³-hybridized carbons (Fsp3) is 0.190. The van der Waals surface area contributed by atoms with Gasteiger partial charge in [-0.1, -0.05) is 11.6 Å². The molecule has 1 fully saturated rings. The lowest BCUT2D eigenvalue weighted by atomic mass is 10.1. The van der Waals surface area contributed by atoms with Crippen LogP contribution in [0, 0.1) is 5.82 Å². The summed E-state index contributed by atoms with van der Waals surface area (Å²) in [6.07, 6.45) is 0.384. The van der Waals surface area contributed by atoms with E-state index in [0.29, 0.717) is 10.9 Å². The summed E-state index contributed by atoms with van der Waals surface area (Å²) in [6.45, 7) is -0.0549. The Kier molecular flexibility index (Phi) is 5.70. The highest BCUT2D eigenvalue weighted by molar-refractivity contribution is 6.34. The Hall–Kier alpha value is -3.66. The van der Waals surface area contributed by atoms with Crippen LogP contribution in [0.1, 0.15) is 10.4 Å². The van der Waals surface area contributed by atoms with E-state index in [1.54, 1.807) is 0 Å². The van der Waals surface area contributed by atoms with E-state index in [1.807, 2.05) is 0 Å². The maximum atomic E-state index is 14.9. The van der Waals surface area contributed by atoms with Crippen LogP contribution in [-0.4, -0.2) is 48.2 Å². The molecule has 3 aromatic rings. The standard InChI is InChI=1S/C21H17ClF2N4O4/c1-31-17-7-14-11(6-12(17)20(25)29)15(4-5-26-14)32-16-3-2-13(18(22)19(16)24)27-21(30)28-8-10(23)9-28/h2-7,10H,8-9H2,1H3,(H2,25,29)(H,27,30). The number of aromatic nitrogens is 1. The first-order valence-electron chi connectivity index (χ1n) is 9.41. The van der Waals surface area contributed by atoms with Crippen LogP contribution >= 0.6 is 11.6 Å². The molecule has 1 aliphatic heterocycles. The number of methoxy groups -OCH3 is 1. The second-order valence-corrected chi connectivity index (χ2v) is 7.39. The van der Waals surface area contributed by atoms with E-state index < -0.39 is 23.9 Å². The van der Waals surface area contributed by atoms with Crippen molar-refractivity contribution in [2.75, 3.05) is 25.5 Å². The van der Waals surface area contributed by atoms with Crippen LogP contribution in [0.3, 0.4) is 0 Å². The van der Waals surface area contributed by atoms with Crippen LogP contribution in [0.15, 0.2) is 36.5 Å². The molecule has 1 aliphatic rings. The Morgan fingerprint density at radius 1 is 1.22 bits per heavy atom. The van der Waals surface area contributed by atoms with Gasteiger partial charge in [0.25, 0.3) is 5.91 Å². The summed E-state index contributed by atoms with van der Waals surface area (Å²) in [5.74, 6) is -1.41. The molecule has 0 spiro atoms. The van der Waals surface area contributed by atoms with Gasteiger partial charge in [-0.2, -0.15) is 0 Å². The number of carbonyl (C=O) groups is 2. The number of carbonyl (C=O) groups excluding carboxylic acids is 2. The number of anilines is 1. The number of alkyl halides is 1. The first-order chi connectivity index (χ1) is 15.3. The van der Waals surface area contributed by atoms with Crippen molar-refractivity contribution in [2.24, 2.45) is 5.73 Å². The Morgan fingerprint density at radius 2 is 1.97 bits per heavy atom. The van der Waals surface area contributed by atoms with Crippen molar-refractivity contribution >= 4 is 40.1 Å². The number of urea groups is 1. The summed E-state index contributed by atoms with van der Waals surface area (Å²) in [6, 6.07) is 6.52. The number of nitrogens with two attached hydrogens (primary N) is 1. The average molecular weight is 463 g/mol. The van der Waals surface area contributed by atoms with Gasteiger partial charge in [0.05, 0.1) is 37.0 Å². The minimum Gasteiger partial charge on any atom is -0.496 e. The second-order valence-electron chi connectivity index (χ2n) is 7.02. The third kappa shape index (κ3) is 3.96. The first kappa shape index (κ1) is 21.6. The zero-order chi connectivity index (χ0) is 23.0. The number of fused-ring (bicyclic) bond motifs is 1. The molecule has 1 saturated heterocycles. The van der Waals surface area contributed by atoms with E-state index in [0.717, 1.165) is 0 Å². The van der Waals surface area contributed by atoms with E-state index in [4.69, 9.17) is 26.8 Å². The third-order valence-electron chi connectivity index (χ3n) is 4.92. The van der Waals surface area contributed by atoms with Crippen molar-refractivity contribution in [1.29, 1.82) is 0 Å². The summed E-state index contributed by atoms with van der Waals surface area (Å²) < 4.78 is 38.7. The van der Waals surface area contributed by atoms with Crippen LogP contribution in [0.5, 0.6) is 17.2 Å². The minimum atomic E-state index is -1.06. The molecule has 0 radical (unpaired) electrons. The maximum absolute atomic E-state index is 14.9. The molecule has 166 valence electrons. The lowest BCUT2D eigenvalue weighted by molar-refractivity contribution is 0.0974. The van der Waals surface area contributed by atoms with Gasteiger partial charge < -0.3 is 25.4 Å². The van der Waals surface area contributed by atoms with Gasteiger partial charge in [0.15, 0.2) is 11.6 Å². The fourth-order valence-electron chi connectivity index (χ4n) is 3.21. The Morgan fingerprint density at radius 3 is 2.62 bits per heavy atom. The molecule has 2 aromatic carbocycles. The van der Waals surface area contributed by atoms with Gasteiger partial charge in [0.1, 0.15) is 22.7 Å². The Balaban J connectivity index is 1.64. The summed E-state index contributed by atoms with van der Waals surface area (Å²) in [5.41, 5.74) is 5.97. The number of nitrogens with zero attached hydrogens (tertiary/aromatic N) is 2. The molecule has 0 saturated carbocycles. The topological polar surface area (TPSA) is 107 Å². The number of halogens is 3. The van der Waals surface area contributed by atoms with Gasteiger partial charge in [-0.3, -0.25) is 9.78 Å². The van der Waals surface area contributed by atoms with E-state index in [2.05, 4.69) is 10.3 Å². The van der Waals surface area contributed by atoms with E-state index in [9.17, 15) is 18.4 Å². The molecular weight excluding hydrogens is 446 g/mol. The molecule has 3 amide bonds. The molecule has 8 nitrogen and oxygen atoms in total.